The molecular weight excluding hydrogens is 354 g/mol. The van der Waals surface area contributed by atoms with Gasteiger partial charge in [-0.3, -0.25) is 4.79 Å². The molecule has 4 rings (SSSR count). The van der Waals surface area contributed by atoms with Crippen molar-refractivity contribution in [1.29, 1.82) is 0 Å². The number of carboxylic acid groups (broad SMARTS) is 1. The average Bonchev–Trinajstić information content (AvgIpc) is 3.21. The Morgan fingerprint density at radius 3 is 2.61 bits per heavy atom. The highest BCUT2D eigenvalue weighted by molar-refractivity contribution is 5.96. The highest BCUT2D eigenvalue weighted by atomic mass is 16.4. The molecule has 1 unspecified atom stereocenters. The molecule has 6 heteroatoms. The van der Waals surface area contributed by atoms with E-state index >= 15 is 0 Å². The molecule has 0 aliphatic heterocycles. The number of carboxylic acids is 1. The first kappa shape index (κ1) is 18.5. The van der Waals surface area contributed by atoms with Crippen LogP contribution in [-0.4, -0.2) is 25.7 Å². The van der Waals surface area contributed by atoms with Gasteiger partial charge >= 0.3 is 5.97 Å². The molecule has 6 nitrogen and oxygen atoms in total. The summed E-state index contributed by atoms with van der Waals surface area (Å²) in [5.74, 6) is -0.540. The van der Waals surface area contributed by atoms with Gasteiger partial charge in [0.15, 0.2) is 5.65 Å². The van der Waals surface area contributed by atoms with Gasteiger partial charge in [-0.05, 0) is 41.7 Å². The molecule has 2 aromatic heterocycles. The van der Waals surface area contributed by atoms with E-state index in [-0.39, 0.29) is 16.8 Å². The molecule has 1 fully saturated rings. The van der Waals surface area contributed by atoms with Crippen LogP contribution < -0.4 is 5.56 Å². The van der Waals surface area contributed by atoms with E-state index in [9.17, 15) is 14.7 Å². The molecule has 0 saturated heterocycles. The van der Waals surface area contributed by atoms with Gasteiger partial charge in [-0.15, -0.1) is 0 Å². The van der Waals surface area contributed by atoms with Gasteiger partial charge < -0.3 is 10.1 Å². The van der Waals surface area contributed by atoms with Gasteiger partial charge in [0.2, 0.25) is 0 Å². The molecule has 0 bridgehead atoms. The van der Waals surface area contributed by atoms with Crippen LogP contribution >= 0.6 is 0 Å². The van der Waals surface area contributed by atoms with Crippen LogP contribution in [0.3, 0.4) is 0 Å². The molecule has 1 saturated carbocycles. The third kappa shape index (κ3) is 2.93. The fourth-order valence-electron chi connectivity index (χ4n) is 4.55. The van der Waals surface area contributed by atoms with Crippen LogP contribution in [0.5, 0.6) is 0 Å². The summed E-state index contributed by atoms with van der Waals surface area (Å²) >= 11 is 0. The number of aromatic amines is 1. The number of nitrogens with one attached hydrogen (secondary N) is 1. The quantitative estimate of drug-likeness (QED) is 0.710. The third-order valence-corrected chi connectivity index (χ3v) is 6.12. The number of benzene rings is 1. The monoisotopic (exact) mass is 379 g/mol. The Hall–Kier alpha value is -2.89. The minimum Gasteiger partial charge on any atom is -0.477 e. The minimum absolute atomic E-state index is 0.0609. The zero-order valence-corrected chi connectivity index (χ0v) is 16.5. The van der Waals surface area contributed by atoms with Crippen molar-refractivity contribution in [1.82, 2.24) is 14.6 Å². The lowest BCUT2D eigenvalue weighted by atomic mass is 9.77. The lowest BCUT2D eigenvalue weighted by Crippen LogP contribution is -2.16. The largest absolute Gasteiger partial charge is 0.477 e. The topological polar surface area (TPSA) is 87.5 Å². The van der Waals surface area contributed by atoms with Crippen LogP contribution in [0.2, 0.25) is 0 Å². The summed E-state index contributed by atoms with van der Waals surface area (Å²) in [5, 5.41) is 13.7. The Balaban J connectivity index is 1.78. The highest BCUT2D eigenvalue weighted by Crippen LogP contribution is 2.48. The zero-order chi connectivity index (χ0) is 20.1. The second kappa shape index (κ2) is 6.62. The van der Waals surface area contributed by atoms with E-state index in [4.69, 9.17) is 0 Å². The number of rotatable bonds is 4. The van der Waals surface area contributed by atoms with Crippen LogP contribution in [0, 0.1) is 5.41 Å². The molecule has 146 valence electrons. The van der Waals surface area contributed by atoms with Crippen molar-refractivity contribution in [3.05, 3.63) is 57.5 Å². The number of aromatic nitrogens is 3. The van der Waals surface area contributed by atoms with Gasteiger partial charge in [-0.2, -0.15) is 9.61 Å². The van der Waals surface area contributed by atoms with Crippen LogP contribution in [0.25, 0.3) is 16.9 Å². The first-order valence-electron chi connectivity index (χ1n) is 9.80. The van der Waals surface area contributed by atoms with Gasteiger partial charge in [0.25, 0.3) is 5.56 Å². The molecule has 3 aromatic rings. The van der Waals surface area contributed by atoms with Gasteiger partial charge in [0, 0.05) is 6.07 Å². The van der Waals surface area contributed by atoms with Gasteiger partial charge in [0.1, 0.15) is 5.56 Å². The number of aryl methyl sites for hydroxylation is 1. The summed E-state index contributed by atoms with van der Waals surface area (Å²) in [6.07, 6.45) is 4.13. The van der Waals surface area contributed by atoms with E-state index in [1.165, 1.54) is 30.9 Å². The van der Waals surface area contributed by atoms with Crippen LogP contribution in [-0.2, 0) is 6.42 Å². The Morgan fingerprint density at radius 2 is 2.04 bits per heavy atom. The van der Waals surface area contributed by atoms with E-state index in [0.717, 1.165) is 10.1 Å². The number of aromatic carboxylic acids is 1. The number of hydrogen-bond donors (Lipinski definition) is 2. The Labute approximate surface area is 163 Å². The maximum atomic E-state index is 12.5. The first-order valence-corrected chi connectivity index (χ1v) is 9.80. The molecule has 2 heterocycles. The fraction of sp³-hybridized carbons (Fsp3) is 0.409. The van der Waals surface area contributed by atoms with Crippen molar-refractivity contribution < 1.29 is 9.90 Å². The predicted octanol–water partition coefficient (Wildman–Crippen LogP) is 4.24. The molecule has 1 aliphatic rings. The summed E-state index contributed by atoms with van der Waals surface area (Å²) in [6, 6.07) is 9.73. The minimum atomic E-state index is -1.08. The van der Waals surface area contributed by atoms with E-state index in [1.807, 2.05) is 19.1 Å². The van der Waals surface area contributed by atoms with E-state index < -0.39 is 5.97 Å². The van der Waals surface area contributed by atoms with Crippen molar-refractivity contribution in [3.8, 4) is 11.3 Å². The standard InChI is InChI=1S/C22H25N3O3/c1-4-16-19(21(27)28)20-23-17(12-18(26)25(20)24-16)14-9-7-13(8-10-14)15-6-5-11-22(15,2)3/h7-10,12,15,23H,4-6,11H2,1-3H3,(H,27,28). The molecule has 28 heavy (non-hydrogen) atoms. The lowest BCUT2D eigenvalue weighted by Gasteiger charge is -2.27. The summed E-state index contributed by atoms with van der Waals surface area (Å²) in [4.78, 5) is 27.3. The zero-order valence-electron chi connectivity index (χ0n) is 16.5. The molecule has 1 aromatic carbocycles. The fourth-order valence-corrected chi connectivity index (χ4v) is 4.55. The molecule has 0 radical (unpaired) electrons. The molecule has 0 spiro atoms. The Kier molecular flexibility index (Phi) is 4.37. The van der Waals surface area contributed by atoms with Crippen LogP contribution in [0.1, 0.15) is 67.6 Å². The van der Waals surface area contributed by atoms with Gasteiger partial charge in [-0.1, -0.05) is 51.5 Å². The maximum Gasteiger partial charge on any atom is 0.341 e. The van der Waals surface area contributed by atoms with Crippen molar-refractivity contribution >= 4 is 11.6 Å². The van der Waals surface area contributed by atoms with Crippen molar-refractivity contribution in [2.45, 2.75) is 52.4 Å². The van der Waals surface area contributed by atoms with Gasteiger partial charge in [0.05, 0.1) is 11.4 Å². The molecular formula is C22H25N3O3. The number of fused-ring (bicyclic) bond motifs is 1. The number of carbonyl (C=O) groups is 1. The van der Waals surface area contributed by atoms with Crippen molar-refractivity contribution in [3.63, 3.8) is 0 Å². The second-order valence-electron chi connectivity index (χ2n) is 8.32. The molecule has 1 aliphatic carbocycles. The summed E-state index contributed by atoms with van der Waals surface area (Å²) in [7, 11) is 0. The van der Waals surface area contributed by atoms with Crippen LogP contribution in [0.15, 0.2) is 35.1 Å². The Bertz CT molecular complexity index is 1110. The number of nitrogens with zero attached hydrogens (tertiary/aromatic N) is 2. The van der Waals surface area contributed by atoms with E-state index in [2.05, 4.69) is 36.1 Å². The maximum absolute atomic E-state index is 12.5. The van der Waals surface area contributed by atoms with Crippen molar-refractivity contribution in [2.75, 3.05) is 0 Å². The molecule has 2 N–H and O–H groups in total. The van der Waals surface area contributed by atoms with Gasteiger partial charge in [-0.25, -0.2) is 4.79 Å². The molecule has 0 amide bonds. The SMILES string of the molecule is CCc1nn2c(=O)cc(-c3ccc(C4CCCC4(C)C)cc3)[nH]c2c1C(=O)O. The second-order valence-corrected chi connectivity index (χ2v) is 8.32. The molecule has 1 atom stereocenters. The Morgan fingerprint density at radius 1 is 1.32 bits per heavy atom. The smallest absolute Gasteiger partial charge is 0.341 e. The third-order valence-electron chi connectivity index (χ3n) is 6.12. The summed E-state index contributed by atoms with van der Waals surface area (Å²) in [5.41, 5.74) is 3.43. The summed E-state index contributed by atoms with van der Waals surface area (Å²) in [6.45, 7) is 6.47. The highest BCUT2D eigenvalue weighted by Gasteiger charge is 2.35. The van der Waals surface area contributed by atoms with E-state index in [0.29, 0.717) is 29.1 Å². The lowest BCUT2D eigenvalue weighted by molar-refractivity contribution is 0.0697. The average molecular weight is 379 g/mol. The van der Waals surface area contributed by atoms with Crippen LogP contribution in [0.4, 0.5) is 0 Å². The summed E-state index contributed by atoms with van der Waals surface area (Å²) < 4.78 is 1.14. The van der Waals surface area contributed by atoms with Crippen molar-refractivity contribution in [2.24, 2.45) is 5.41 Å². The normalized spacial score (nSPS) is 18.6. The number of H-pyrrole nitrogens is 1. The van der Waals surface area contributed by atoms with E-state index in [1.54, 1.807) is 0 Å². The first-order chi connectivity index (χ1) is 13.3. The predicted molar refractivity (Wildman–Crippen MR) is 108 cm³/mol. The number of hydrogen-bond acceptors (Lipinski definition) is 3.